The minimum absolute atomic E-state index is 0.0136. The van der Waals surface area contributed by atoms with Crippen LogP contribution in [-0.2, 0) is 10.2 Å². The number of hydrogen-bond acceptors (Lipinski definition) is 5. The summed E-state index contributed by atoms with van der Waals surface area (Å²) in [7, 11) is 0. The van der Waals surface area contributed by atoms with Crippen molar-refractivity contribution in [2.45, 2.75) is 56.9 Å². The van der Waals surface area contributed by atoms with Crippen molar-refractivity contribution < 1.29 is 18.4 Å². The molecule has 3 heterocycles. The first-order valence-electron chi connectivity index (χ1n) is 10.6. The Kier molecular flexibility index (Phi) is 5.08. The van der Waals surface area contributed by atoms with E-state index in [0.717, 1.165) is 24.6 Å². The van der Waals surface area contributed by atoms with Gasteiger partial charge in [-0.05, 0) is 25.3 Å². The van der Waals surface area contributed by atoms with E-state index >= 15 is 0 Å². The second kappa shape index (κ2) is 7.72. The van der Waals surface area contributed by atoms with Crippen molar-refractivity contribution in [3.05, 3.63) is 52.2 Å². The van der Waals surface area contributed by atoms with Gasteiger partial charge in [0.15, 0.2) is 10.8 Å². The van der Waals surface area contributed by atoms with Gasteiger partial charge in [0.1, 0.15) is 5.69 Å². The molecule has 5 rings (SSSR count). The molecular formula is C22H21ClF2N6O2. The minimum Gasteiger partial charge on any atom is -0.348 e. The summed E-state index contributed by atoms with van der Waals surface area (Å²) in [6, 6.07) is 2.76. The maximum absolute atomic E-state index is 13.6. The molecule has 0 aliphatic heterocycles. The summed E-state index contributed by atoms with van der Waals surface area (Å²) in [6.45, 7) is 4.00. The largest absolute Gasteiger partial charge is 0.348 e. The first-order valence-corrected chi connectivity index (χ1v) is 11.0. The van der Waals surface area contributed by atoms with Crippen LogP contribution in [0.3, 0.4) is 0 Å². The van der Waals surface area contributed by atoms with Gasteiger partial charge < -0.3 is 10.6 Å². The third-order valence-electron chi connectivity index (χ3n) is 6.08. The van der Waals surface area contributed by atoms with E-state index in [1.807, 2.05) is 13.8 Å². The molecule has 0 saturated heterocycles. The van der Waals surface area contributed by atoms with E-state index < -0.39 is 29.2 Å². The average Bonchev–Trinajstić information content (AvgIpc) is 3.40. The van der Waals surface area contributed by atoms with Crippen molar-refractivity contribution in [3.63, 3.8) is 0 Å². The molecular weight excluding hydrogens is 454 g/mol. The third-order valence-corrected chi connectivity index (χ3v) is 6.26. The van der Waals surface area contributed by atoms with Gasteiger partial charge in [-0.2, -0.15) is 5.10 Å². The highest BCUT2D eigenvalue weighted by Crippen LogP contribution is 2.46. The molecule has 0 spiro atoms. The molecule has 8 nitrogen and oxygen atoms in total. The van der Waals surface area contributed by atoms with E-state index in [-0.39, 0.29) is 23.3 Å². The predicted octanol–water partition coefficient (Wildman–Crippen LogP) is 4.01. The van der Waals surface area contributed by atoms with Gasteiger partial charge in [0.25, 0.3) is 12.3 Å². The van der Waals surface area contributed by atoms with Crippen LogP contribution in [0, 0.1) is 0 Å². The number of carbonyl (C=O) groups is 2. The Labute approximate surface area is 192 Å². The molecule has 2 aliphatic rings. The summed E-state index contributed by atoms with van der Waals surface area (Å²) in [4.78, 5) is 33.7. The molecule has 1 saturated carbocycles. The van der Waals surface area contributed by atoms with Gasteiger partial charge in [0.2, 0.25) is 5.91 Å². The SMILES string of the molecule is CC1(C)C[C@H](C(=O)Nc2cnc(C(=O)NC3CC3)c(C(F)F)c2)c2cnc3cc(Cl)nn3c21. The number of pyridine rings is 1. The molecule has 1 fully saturated rings. The summed E-state index contributed by atoms with van der Waals surface area (Å²) < 4.78 is 28.9. The van der Waals surface area contributed by atoms with Gasteiger partial charge in [-0.25, -0.2) is 23.3 Å². The molecule has 2 amide bonds. The van der Waals surface area contributed by atoms with E-state index in [9.17, 15) is 18.4 Å². The van der Waals surface area contributed by atoms with Crippen molar-refractivity contribution in [3.8, 4) is 0 Å². The summed E-state index contributed by atoms with van der Waals surface area (Å²) >= 11 is 6.04. The van der Waals surface area contributed by atoms with Gasteiger partial charge >= 0.3 is 0 Å². The topological polar surface area (TPSA) is 101 Å². The first-order chi connectivity index (χ1) is 15.6. The lowest BCUT2D eigenvalue weighted by Crippen LogP contribution is -2.28. The van der Waals surface area contributed by atoms with Crippen LogP contribution in [0.1, 0.15) is 72.8 Å². The summed E-state index contributed by atoms with van der Waals surface area (Å²) in [6.07, 6.45) is 2.08. The Hall–Kier alpha value is -3.14. The summed E-state index contributed by atoms with van der Waals surface area (Å²) in [5.41, 5.74) is 0.965. The Balaban J connectivity index is 1.43. The molecule has 2 N–H and O–H groups in total. The zero-order valence-electron chi connectivity index (χ0n) is 17.9. The number of anilines is 1. The maximum Gasteiger partial charge on any atom is 0.270 e. The lowest BCUT2D eigenvalue weighted by atomic mass is 9.88. The molecule has 0 radical (unpaired) electrons. The zero-order chi connectivity index (χ0) is 23.5. The van der Waals surface area contributed by atoms with Gasteiger partial charge in [-0.15, -0.1) is 0 Å². The zero-order valence-corrected chi connectivity index (χ0v) is 18.7. The van der Waals surface area contributed by atoms with Gasteiger partial charge in [0.05, 0.1) is 29.1 Å². The number of rotatable bonds is 5. The second-order valence-electron chi connectivity index (χ2n) is 9.14. The van der Waals surface area contributed by atoms with Crippen LogP contribution in [0.15, 0.2) is 24.5 Å². The summed E-state index contributed by atoms with van der Waals surface area (Å²) in [5, 5.41) is 9.94. The fourth-order valence-electron chi connectivity index (χ4n) is 4.42. The quantitative estimate of drug-likeness (QED) is 0.581. The number of alkyl halides is 2. The van der Waals surface area contributed by atoms with Crippen LogP contribution < -0.4 is 10.6 Å². The Bertz CT molecular complexity index is 1290. The predicted molar refractivity (Wildman–Crippen MR) is 117 cm³/mol. The van der Waals surface area contributed by atoms with Gasteiger partial charge in [-0.1, -0.05) is 25.4 Å². The smallest absolute Gasteiger partial charge is 0.270 e. The monoisotopic (exact) mass is 474 g/mol. The molecule has 0 unspecified atom stereocenters. The van der Waals surface area contributed by atoms with E-state index in [0.29, 0.717) is 22.8 Å². The van der Waals surface area contributed by atoms with E-state index in [1.165, 1.54) is 6.20 Å². The maximum atomic E-state index is 13.6. The first kappa shape index (κ1) is 21.7. The molecule has 0 aromatic carbocycles. The molecule has 33 heavy (non-hydrogen) atoms. The number of nitrogens with one attached hydrogen (secondary N) is 2. The fourth-order valence-corrected chi connectivity index (χ4v) is 4.59. The van der Waals surface area contributed by atoms with Gasteiger partial charge in [-0.3, -0.25) is 9.59 Å². The second-order valence-corrected chi connectivity index (χ2v) is 9.53. The van der Waals surface area contributed by atoms with Crippen LogP contribution in [0.4, 0.5) is 14.5 Å². The molecule has 0 bridgehead atoms. The number of halogens is 3. The highest BCUT2D eigenvalue weighted by Gasteiger charge is 2.43. The van der Waals surface area contributed by atoms with Crippen LogP contribution in [0.5, 0.6) is 0 Å². The highest BCUT2D eigenvalue weighted by atomic mass is 35.5. The van der Waals surface area contributed by atoms with Crippen LogP contribution >= 0.6 is 11.6 Å². The Morgan fingerprint density at radius 2 is 1.97 bits per heavy atom. The van der Waals surface area contributed by atoms with Crippen LogP contribution in [0.2, 0.25) is 5.15 Å². The molecule has 2 aliphatic carbocycles. The van der Waals surface area contributed by atoms with E-state index in [4.69, 9.17) is 11.6 Å². The van der Waals surface area contributed by atoms with Crippen molar-refractivity contribution in [2.24, 2.45) is 0 Å². The fraction of sp³-hybridized carbons (Fsp3) is 0.409. The average molecular weight is 475 g/mol. The third kappa shape index (κ3) is 3.92. The van der Waals surface area contributed by atoms with Crippen molar-refractivity contribution in [1.29, 1.82) is 0 Å². The van der Waals surface area contributed by atoms with Crippen molar-refractivity contribution in [2.75, 3.05) is 5.32 Å². The summed E-state index contributed by atoms with van der Waals surface area (Å²) in [5.74, 6) is -1.58. The molecule has 3 aromatic heterocycles. The van der Waals surface area contributed by atoms with E-state index in [2.05, 4.69) is 25.7 Å². The standard InChI is InChI=1S/C22H21ClF2N6O2/c1-22(2)7-13(14-9-26-16-6-15(23)30-31(16)18(14)22)20(32)29-11-5-12(19(24)25)17(27-8-11)21(33)28-10-3-4-10/h5-6,8-10,13,19H,3-4,7H2,1-2H3,(H,28,33)(H,29,32)/t13-/m0/s1. The van der Waals surface area contributed by atoms with Crippen molar-refractivity contribution in [1.82, 2.24) is 24.9 Å². The number of carbonyl (C=O) groups excluding carboxylic acids is 2. The molecule has 3 aromatic rings. The van der Waals surface area contributed by atoms with Crippen LogP contribution in [0.25, 0.3) is 5.65 Å². The highest BCUT2D eigenvalue weighted by molar-refractivity contribution is 6.29. The minimum atomic E-state index is -2.91. The lowest BCUT2D eigenvalue weighted by molar-refractivity contribution is -0.117. The number of hydrogen-bond donors (Lipinski definition) is 2. The molecule has 11 heteroatoms. The number of nitrogens with zero attached hydrogens (tertiary/aromatic N) is 4. The van der Waals surface area contributed by atoms with Crippen LogP contribution in [-0.4, -0.2) is 37.4 Å². The normalized spacial score (nSPS) is 19.0. The number of fused-ring (bicyclic) bond motifs is 3. The molecule has 1 atom stereocenters. The van der Waals surface area contributed by atoms with Crippen molar-refractivity contribution >= 4 is 34.7 Å². The lowest BCUT2D eigenvalue weighted by Gasteiger charge is -2.19. The Morgan fingerprint density at radius 3 is 2.67 bits per heavy atom. The van der Waals surface area contributed by atoms with Gasteiger partial charge in [0, 0.05) is 29.3 Å². The Morgan fingerprint density at radius 1 is 1.21 bits per heavy atom. The van der Waals surface area contributed by atoms with E-state index in [1.54, 1.807) is 16.8 Å². The molecule has 172 valence electrons. The number of amides is 2. The number of aromatic nitrogens is 4.